The van der Waals surface area contributed by atoms with Gasteiger partial charge in [-0.3, -0.25) is 4.90 Å². The summed E-state index contributed by atoms with van der Waals surface area (Å²) in [6.45, 7) is 8.34. The lowest BCUT2D eigenvalue weighted by atomic mass is 10.1. The summed E-state index contributed by atoms with van der Waals surface area (Å²) >= 11 is 0. The van der Waals surface area contributed by atoms with Crippen LogP contribution in [0.2, 0.25) is 0 Å². The fraction of sp³-hybridized carbons (Fsp3) is 1.00. The minimum atomic E-state index is 0.515. The van der Waals surface area contributed by atoms with Gasteiger partial charge in [0.25, 0.3) is 0 Å². The van der Waals surface area contributed by atoms with Crippen molar-refractivity contribution in [1.82, 2.24) is 15.1 Å². The first-order valence-corrected chi connectivity index (χ1v) is 8.80. The molecule has 3 N–H and O–H groups in total. The monoisotopic (exact) mass is 282 g/mol. The zero-order valence-electron chi connectivity index (χ0n) is 13.2. The van der Waals surface area contributed by atoms with Crippen molar-refractivity contribution in [3.8, 4) is 0 Å². The molecule has 1 atom stereocenters. The lowest BCUT2D eigenvalue weighted by Gasteiger charge is -2.35. The molecule has 0 amide bonds. The SMILES string of the molecule is NCCC(NCCCN1CCCCC1)N1CCCCC1. The molecule has 2 fully saturated rings. The number of rotatable bonds is 8. The van der Waals surface area contributed by atoms with Gasteiger partial charge in [-0.05, 0) is 84.3 Å². The quantitative estimate of drug-likeness (QED) is 0.664. The van der Waals surface area contributed by atoms with Crippen molar-refractivity contribution < 1.29 is 0 Å². The maximum atomic E-state index is 5.78. The van der Waals surface area contributed by atoms with Gasteiger partial charge in [0.15, 0.2) is 0 Å². The Bertz CT molecular complexity index is 235. The molecule has 0 aromatic rings. The molecule has 0 aromatic carbocycles. The van der Waals surface area contributed by atoms with Gasteiger partial charge in [0, 0.05) is 0 Å². The maximum Gasteiger partial charge on any atom is 0.0609 e. The fourth-order valence-electron chi connectivity index (χ4n) is 3.56. The van der Waals surface area contributed by atoms with E-state index >= 15 is 0 Å². The van der Waals surface area contributed by atoms with Crippen molar-refractivity contribution in [2.45, 2.75) is 57.5 Å². The second-order valence-electron chi connectivity index (χ2n) is 6.40. The predicted octanol–water partition coefficient (Wildman–Crippen LogP) is 1.61. The van der Waals surface area contributed by atoms with Crippen molar-refractivity contribution in [3.05, 3.63) is 0 Å². The Morgan fingerprint density at radius 3 is 2.20 bits per heavy atom. The van der Waals surface area contributed by atoms with Gasteiger partial charge in [-0.1, -0.05) is 12.8 Å². The standard InChI is InChI=1S/C16H34N4/c17-9-8-16(20-14-5-2-6-15-20)18-10-7-13-19-11-3-1-4-12-19/h16,18H,1-15,17H2. The van der Waals surface area contributed by atoms with Gasteiger partial charge in [0.1, 0.15) is 0 Å². The molecule has 4 nitrogen and oxygen atoms in total. The number of nitrogens with one attached hydrogen (secondary N) is 1. The van der Waals surface area contributed by atoms with Crippen LogP contribution in [-0.2, 0) is 0 Å². The number of likely N-dealkylation sites (tertiary alicyclic amines) is 2. The van der Waals surface area contributed by atoms with Crippen molar-refractivity contribution in [2.24, 2.45) is 5.73 Å². The molecule has 2 aliphatic rings. The third-order valence-electron chi connectivity index (χ3n) is 4.75. The van der Waals surface area contributed by atoms with Crippen molar-refractivity contribution in [2.75, 3.05) is 45.8 Å². The first-order chi connectivity index (χ1) is 9.90. The summed E-state index contributed by atoms with van der Waals surface area (Å²) in [7, 11) is 0. The molecule has 0 aliphatic carbocycles. The van der Waals surface area contributed by atoms with Crippen LogP contribution >= 0.6 is 0 Å². The minimum absolute atomic E-state index is 0.515. The molecule has 1 unspecified atom stereocenters. The van der Waals surface area contributed by atoms with Crippen LogP contribution in [-0.4, -0.2) is 61.8 Å². The molecule has 4 heteroatoms. The first kappa shape index (κ1) is 16.2. The van der Waals surface area contributed by atoms with Crippen LogP contribution < -0.4 is 11.1 Å². The van der Waals surface area contributed by atoms with E-state index in [0.29, 0.717) is 6.17 Å². The van der Waals surface area contributed by atoms with Gasteiger partial charge in [-0.15, -0.1) is 0 Å². The van der Waals surface area contributed by atoms with E-state index in [4.69, 9.17) is 5.73 Å². The minimum Gasteiger partial charge on any atom is -0.330 e. The van der Waals surface area contributed by atoms with Crippen LogP contribution in [0, 0.1) is 0 Å². The Hall–Kier alpha value is -0.160. The molecule has 0 bridgehead atoms. The van der Waals surface area contributed by atoms with Gasteiger partial charge in [-0.25, -0.2) is 0 Å². The smallest absolute Gasteiger partial charge is 0.0609 e. The third-order valence-corrected chi connectivity index (χ3v) is 4.75. The maximum absolute atomic E-state index is 5.78. The molecule has 0 saturated carbocycles. The first-order valence-electron chi connectivity index (χ1n) is 8.80. The molecule has 2 heterocycles. The van der Waals surface area contributed by atoms with E-state index < -0.39 is 0 Å². The Labute approximate surface area is 125 Å². The zero-order valence-corrected chi connectivity index (χ0v) is 13.2. The molecule has 2 rings (SSSR count). The molecule has 2 aliphatic heterocycles. The summed E-state index contributed by atoms with van der Waals surface area (Å²) in [4.78, 5) is 5.24. The average molecular weight is 282 g/mol. The van der Waals surface area contributed by atoms with E-state index in [1.54, 1.807) is 0 Å². The van der Waals surface area contributed by atoms with Crippen LogP contribution in [0.15, 0.2) is 0 Å². The normalized spacial score (nSPS) is 23.9. The molecule has 2 saturated heterocycles. The van der Waals surface area contributed by atoms with Gasteiger partial charge < -0.3 is 16.0 Å². The molecule has 118 valence electrons. The highest BCUT2D eigenvalue weighted by atomic mass is 15.3. The van der Waals surface area contributed by atoms with E-state index in [9.17, 15) is 0 Å². The van der Waals surface area contributed by atoms with Gasteiger partial charge >= 0.3 is 0 Å². The number of nitrogens with zero attached hydrogens (tertiary/aromatic N) is 2. The van der Waals surface area contributed by atoms with Crippen LogP contribution in [0.3, 0.4) is 0 Å². The molecule has 20 heavy (non-hydrogen) atoms. The summed E-state index contributed by atoms with van der Waals surface area (Å²) in [6.07, 6.45) is 11.2. The number of nitrogens with two attached hydrogens (primary N) is 1. The predicted molar refractivity (Wildman–Crippen MR) is 85.8 cm³/mol. The topological polar surface area (TPSA) is 44.5 Å². The van der Waals surface area contributed by atoms with Crippen LogP contribution in [0.5, 0.6) is 0 Å². The van der Waals surface area contributed by atoms with E-state index in [0.717, 1.165) is 19.5 Å². The van der Waals surface area contributed by atoms with Gasteiger partial charge in [0.2, 0.25) is 0 Å². The fourth-order valence-corrected chi connectivity index (χ4v) is 3.56. The Kier molecular flexibility index (Phi) is 7.88. The van der Waals surface area contributed by atoms with Crippen LogP contribution in [0.4, 0.5) is 0 Å². The second-order valence-corrected chi connectivity index (χ2v) is 6.40. The number of hydrogen-bond acceptors (Lipinski definition) is 4. The molecular weight excluding hydrogens is 248 g/mol. The number of piperidine rings is 2. The van der Waals surface area contributed by atoms with Crippen LogP contribution in [0.25, 0.3) is 0 Å². The lowest BCUT2D eigenvalue weighted by Crippen LogP contribution is -2.49. The summed E-state index contributed by atoms with van der Waals surface area (Å²) < 4.78 is 0. The Morgan fingerprint density at radius 2 is 1.55 bits per heavy atom. The van der Waals surface area contributed by atoms with Crippen molar-refractivity contribution in [1.29, 1.82) is 0 Å². The van der Waals surface area contributed by atoms with Crippen LogP contribution in [0.1, 0.15) is 51.4 Å². The van der Waals surface area contributed by atoms with E-state index in [-0.39, 0.29) is 0 Å². The highest BCUT2D eigenvalue weighted by Crippen LogP contribution is 2.13. The second kappa shape index (κ2) is 9.72. The summed E-state index contributed by atoms with van der Waals surface area (Å²) in [5.41, 5.74) is 5.78. The highest BCUT2D eigenvalue weighted by Gasteiger charge is 2.19. The summed E-state index contributed by atoms with van der Waals surface area (Å²) in [5, 5.41) is 3.75. The van der Waals surface area contributed by atoms with E-state index in [2.05, 4.69) is 15.1 Å². The van der Waals surface area contributed by atoms with E-state index in [1.165, 1.54) is 77.7 Å². The highest BCUT2D eigenvalue weighted by molar-refractivity contribution is 4.74. The summed E-state index contributed by atoms with van der Waals surface area (Å²) in [6, 6.07) is 0. The molecule has 0 aromatic heterocycles. The molecule has 0 radical (unpaired) electrons. The molecule has 0 spiro atoms. The Morgan fingerprint density at radius 1 is 0.900 bits per heavy atom. The van der Waals surface area contributed by atoms with Crippen molar-refractivity contribution in [3.63, 3.8) is 0 Å². The summed E-state index contributed by atoms with van der Waals surface area (Å²) in [5.74, 6) is 0. The Balaban J connectivity index is 1.60. The largest absolute Gasteiger partial charge is 0.330 e. The third kappa shape index (κ3) is 5.68. The lowest BCUT2D eigenvalue weighted by molar-refractivity contribution is 0.128. The van der Waals surface area contributed by atoms with Crippen molar-refractivity contribution >= 4 is 0 Å². The number of hydrogen-bond donors (Lipinski definition) is 2. The van der Waals surface area contributed by atoms with E-state index in [1.807, 2.05) is 0 Å². The average Bonchev–Trinajstić information content (AvgIpc) is 2.52. The van der Waals surface area contributed by atoms with Gasteiger partial charge in [0.05, 0.1) is 6.17 Å². The van der Waals surface area contributed by atoms with Gasteiger partial charge in [-0.2, -0.15) is 0 Å². The molecular formula is C16H34N4. The zero-order chi connectivity index (χ0) is 14.0.